The molecular weight excluding hydrogens is 258 g/mol. The number of hydrogen-bond acceptors (Lipinski definition) is 2. The molecule has 1 unspecified atom stereocenters. The molecule has 0 aliphatic heterocycles. The lowest BCUT2D eigenvalue weighted by Gasteiger charge is -2.11. The smallest absolute Gasteiger partial charge is 0.119 e. The average molecular weight is 279 g/mol. The van der Waals surface area contributed by atoms with Crippen LogP contribution in [0.3, 0.4) is 0 Å². The van der Waals surface area contributed by atoms with Crippen molar-refractivity contribution in [3.63, 3.8) is 0 Å². The predicted octanol–water partition coefficient (Wildman–Crippen LogP) is 4.89. The summed E-state index contributed by atoms with van der Waals surface area (Å²) in [6, 6.07) is 20.4. The summed E-state index contributed by atoms with van der Waals surface area (Å²) in [5, 5.41) is 9.27. The maximum absolute atomic E-state index is 9.27. The second kappa shape index (κ2) is 7.50. The van der Waals surface area contributed by atoms with Crippen molar-refractivity contribution in [3.8, 4) is 11.8 Å². The van der Waals surface area contributed by atoms with Gasteiger partial charge in [-0.15, -0.1) is 0 Å². The van der Waals surface area contributed by atoms with E-state index in [0.29, 0.717) is 18.9 Å². The van der Waals surface area contributed by atoms with Crippen LogP contribution in [-0.4, -0.2) is 6.61 Å². The Kier molecular flexibility index (Phi) is 5.40. The third kappa shape index (κ3) is 4.36. The summed E-state index contributed by atoms with van der Waals surface area (Å²) in [5.41, 5.74) is 2.36. The normalized spacial score (nSPS) is 11.9. The maximum atomic E-state index is 9.27. The van der Waals surface area contributed by atoms with Crippen LogP contribution in [0.15, 0.2) is 54.6 Å². The molecule has 1 atom stereocenters. The molecule has 0 fully saturated rings. The topological polar surface area (TPSA) is 33.0 Å². The van der Waals surface area contributed by atoms with E-state index < -0.39 is 0 Å². The van der Waals surface area contributed by atoms with Crippen LogP contribution < -0.4 is 4.74 Å². The lowest BCUT2D eigenvalue weighted by molar-refractivity contribution is 0.306. The molecule has 0 spiro atoms. The highest BCUT2D eigenvalue weighted by Gasteiger charge is 2.10. The van der Waals surface area contributed by atoms with E-state index in [4.69, 9.17) is 4.74 Å². The Morgan fingerprint density at radius 2 is 1.62 bits per heavy atom. The number of benzene rings is 2. The van der Waals surface area contributed by atoms with Gasteiger partial charge in [0.25, 0.3) is 0 Å². The second-order valence-corrected chi connectivity index (χ2v) is 5.45. The Hall–Kier alpha value is -2.27. The predicted molar refractivity (Wildman–Crippen MR) is 85.4 cm³/mol. The molecule has 0 aliphatic carbocycles. The van der Waals surface area contributed by atoms with E-state index in [0.717, 1.165) is 11.3 Å². The lowest BCUT2D eigenvalue weighted by Crippen LogP contribution is -2.04. The van der Waals surface area contributed by atoms with Gasteiger partial charge < -0.3 is 4.74 Å². The molecule has 108 valence electrons. The van der Waals surface area contributed by atoms with Crippen LogP contribution in [0.25, 0.3) is 0 Å². The minimum Gasteiger partial charge on any atom is -0.494 e. The molecule has 2 aromatic carbocycles. The van der Waals surface area contributed by atoms with Gasteiger partial charge in [0.15, 0.2) is 0 Å². The van der Waals surface area contributed by atoms with Gasteiger partial charge in [-0.1, -0.05) is 56.3 Å². The number of nitriles is 1. The van der Waals surface area contributed by atoms with Gasteiger partial charge >= 0.3 is 0 Å². The summed E-state index contributed by atoms with van der Waals surface area (Å²) in [6.45, 7) is 4.90. The maximum Gasteiger partial charge on any atom is 0.119 e. The summed E-state index contributed by atoms with van der Waals surface area (Å²) in [6.07, 6.45) is 0.701. The number of rotatable bonds is 6. The Labute approximate surface area is 127 Å². The van der Waals surface area contributed by atoms with Gasteiger partial charge in [0.2, 0.25) is 0 Å². The van der Waals surface area contributed by atoms with Crippen LogP contribution in [0.4, 0.5) is 0 Å². The van der Waals surface area contributed by atoms with Gasteiger partial charge in [0.1, 0.15) is 5.75 Å². The van der Waals surface area contributed by atoms with Gasteiger partial charge in [0.05, 0.1) is 18.6 Å². The van der Waals surface area contributed by atoms with Crippen LogP contribution in [0, 0.1) is 11.3 Å². The first-order valence-corrected chi connectivity index (χ1v) is 7.38. The van der Waals surface area contributed by atoms with Crippen molar-refractivity contribution in [3.05, 3.63) is 65.7 Å². The Balaban J connectivity index is 1.87. The van der Waals surface area contributed by atoms with Crippen LogP contribution in [0.1, 0.15) is 43.2 Å². The van der Waals surface area contributed by atoms with Crippen molar-refractivity contribution in [1.82, 2.24) is 0 Å². The van der Waals surface area contributed by atoms with Gasteiger partial charge in [-0.05, 0) is 29.2 Å². The third-order valence-electron chi connectivity index (χ3n) is 3.58. The zero-order chi connectivity index (χ0) is 15.1. The number of hydrogen-bond donors (Lipinski definition) is 0. The minimum atomic E-state index is -0.110. The molecule has 2 rings (SSSR count). The highest BCUT2D eigenvalue weighted by atomic mass is 16.5. The quantitative estimate of drug-likeness (QED) is 0.754. The van der Waals surface area contributed by atoms with Crippen molar-refractivity contribution in [2.24, 2.45) is 0 Å². The molecule has 21 heavy (non-hydrogen) atoms. The molecule has 0 aromatic heterocycles. The SMILES string of the molecule is CC(C)c1ccc(OCCC(C#N)c2ccccc2)cc1. The summed E-state index contributed by atoms with van der Waals surface area (Å²) in [4.78, 5) is 0. The van der Waals surface area contributed by atoms with E-state index in [2.05, 4.69) is 32.0 Å². The highest BCUT2D eigenvalue weighted by molar-refractivity contribution is 5.29. The molecule has 0 N–H and O–H groups in total. The summed E-state index contributed by atoms with van der Waals surface area (Å²) in [7, 11) is 0. The second-order valence-electron chi connectivity index (χ2n) is 5.45. The molecule has 2 aromatic rings. The van der Waals surface area contributed by atoms with Crippen molar-refractivity contribution in [2.45, 2.75) is 32.1 Å². The monoisotopic (exact) mass is 279 g/mol. The van der Waals surface area contributed by atoms with Crippen LogP contribution >= 0.6 is 0 Å². The number of nitrogens with zero attached hydrogens (tertiary/aromatic N) is 1. The Bertz CT molecular complexity index is 581. The largest absolute Gasteiger partial charge is 0.494 e. The zero-order valence-electron chi connectivity index (χ0n) is 12.6. The molecule has 0 saturated carbocycles. The third-order valence-corrected chi connectivity index (χ3v) is 3.58. The molecule has 0 saturated heterocycles. The first kappa shape index (κ1) is 15.1. The number of ether oxygens (including phenoxy) is 1. The van der Waals surface area contributed by atoms with E-state index in [1.807, 2.05) is 42.5 Å². The first-order chi connectivity index (χ1) is 10.2. The van der Waals surface area contributed by atoms with Gasteiger partial charge in [0, 0.05) is 6.42 Å². The Morgan fingerprint density at radius 1 is 0.952 bits per heavy atom. The fraction of sp³-hybridized carbons (Fsp3) is 0.316. The van der Waals surface area contributed by atoms with Crippen LogP contribution in [0.2, 0.25) is 0 Å². The van der Waals surface area contributed by atoms with Crippen molar-refractivity contribution < 1.29 is 4.74 Å². The molecule has 0 bridgehead atoms. The molecule has 0 amide bonds. The molecule has 2 nitrogen and oxygen atoms in total. The highest BCUT2D eigenvalue weighted by Crippen LogP contribution is 2.21. The summed E-state index contributed by atoms with van der Waals surface area (Å²) >= 11 is 0. The zero-order valence-corrected chi connectivity index (χ0v) is 12.6. The minimum absolute atomic E-state index is 0.110. The van der Waals surface area contributed by atoms with Crippen molar-refractivity contribution in [1.29, 1.82) is 5.26 Å². The van der Waals surface area contributed by atoms with Gasteiger partial charge in [-0.2, -0.15) is 5.26 Å². The van der Waals surface area contributed by atoms with E-state index in [1.165, 1.54) is 5.56 Å². The fourth-order valence-electron chi connectivity index (χ4n) is 2.23. The molecule has 0 radical (unpaired) electrons. The van der Waals surface area contributed by atoms with Crippen LogP contribution in [-0.2, 0) is 0 Å². The standard InChI is InChI=1S/C19H21NO/c1-15(2)16-8-10-19(11-9-16)21-13-12-18(14-20)17-6-4-3-5-7-17/h3-11,15,18H,12-13H2,1-2H3. The molecule has 2 heteroatoms. The van der Waals surface area contributed by atoms with Gasteiger partial charge in [-0.3, -0.25) is 0 Å². The molecule has 0 aliphatic rings. The molecular formula is C19H21NO. The average Bonchev–Trinajstić information content (AvgIpc) is 2.53. The van der Waals surface area contributed by atoms with Crippen molar-refractivity contribution in [2.75, 3.05) is 6.61 Å². The van der Waals surface area contributed by atoms with E-state index in [1.54, 1.807) is 0 Å². The lowest BCUT2D eigenvalue weighted by atomic mass is 9.98. The van der Waals surface area contributed by atoms with Crippen LogP contribution in [0.5, 0.6) is 5.75 Å². The Morgan fingerprint density at radius 3 is 2.19 bits per heavy atom. The molecule has 0 heterocycles. The van der Waals surface area contributed by atoms with E-state index in [-0.39, 0.29) is 5.92 Å². The first-order valence-electron chi connectivity index (χ1n) is 7.38. The van der Waals surface area contributed by atoms with Gasteiger partial charge in [-0.25, -0.2) is 0 Å². The van der Waals surface area contributed by atoms with Crippen molar-refractivity contribution >= 4 is 0 Å². The van der Waals surface area contributed by atoms with E-state index in [9.17, 15) is 5.26 Å². The summed E-state index contributed by atoms with van der Waals surface area (Å²) in [5.74, 6) is 1.28. The van der Waals surface area contributed by atoms with E-state index >= 15 is 0 Å². The summed E-state index contributed by atoms with van der Waals surface area (Å²) < 4.78 is 5.74. The fourth-order valence-corrected chi connectivity index (χ4v) is 2.23.